The molecule has 0 aliphatic heterocycles. The van der Waals surface area contributed by atoms with Gasteiger partial charge in [0.2, 0.25) is 11.7 Å². The van der Waals surface area contributed by atoms with Crippen molar-refractivity contribution < 1.29 is 9.63 Å². The van der Waals surface area contributed by atoms with Gasteiger partial charge in [0.25, 0.3) is 0 Å². The standard InChI is InChI=1S/C11H11Br2N3O2/c12-7-5-8(13)10(14-6-7)11-15-9(18-16-11)3-1-2-4-17/h5-6,17H,1-4H2. The molecule has 0 aromatic carbocycles. The predicted molar refractivity (Wildman–Crippen MR) is 73.0 cm³/mol. The molecule has 0 fully saturated rings. The minimum atomic E-state index is 0.181. The normalized spacial score (nSPS) is 10.8. The molecule has 18 heavy (non-hydrogen) atoms. The summed E-state index contributed by atoms with van der Waals surface area (Å²) in [4.78, 5) is 8.51. The third kappa shape index (κ3) is 3.37. The van der Waals surface area contributed by atoms with Crippen molar-refractivity contribution in [2.45, 2.75) is 19.3 Å². The van der Waals surface area contributed by atoms with Gasteiger partial charge in [0.1, 0.15) is 5.69 Å². The van der Waals surface area contributed by atoms with E-state index in [2.05, 4.69) is 47.0 Å². The van der Waals surface area contributed by atoms with E-state index in [1.54, 1.807) is 6.20 Å². The van der Waals surface area contributed by atoms with E-state index < -0.39 is 0 Å². The number of aromatic nitrogens is 3. The smallest absolute Gasteiger partial charge is 0.227 e. The van der Waals surface area contributed by atoms with Crippen LogP contribution in [0.15, 0.2) is 25.7 Å². The first-order valence-corrected chi connectivity index (χ1v) is 7.04. The number of unbranched alkanes of at least 4 members (excludes halogenated alkanes) is 1. The Hall–Kier alpha value is -0.790. The largest absolute Gasteiger partial charge is 0.396 e. The van der Waals surface area contributed by atoms with Crippen LogP contribution in [0.25, 0.3) is 11.5 Å². The van der Waals surface area contributed by atoms with E-state index in [-0.39, 0.29) is 6.61 Å². The summed E-state index contributed by atoms with van der Waals surface area (Å²) in [6.07, 6.45) is 3.91. The molecule has 96 valence electrons. The van der Waals surface area contributed by atoms with Gasteiger partial charge in [-0.1, -0.05) is 5.16 Å². The number of rotatable bonds is 5. The Morgan fingerprint density at radius 2 is 2.11 bits per heavy atom. The van der Waals surface area contributed by atoms with Crippen molar-refractivity contribution in [1.82, 2.24) is 15.1 Å². The van der Waals surface area contributed by atoms with Crippen molar-refractivity contribution in [1.29, 1.82) is 0 Å². The molecule has 2 heterocycles. The maximum absolute atomic E-state index is 8.70. The zero-order valence-electron chi connectivity index (χ0n) is 9.44. The summed E-state index contributed by atoms with van der Waals surface area (Å²) < 4.78 is 6.82. The fourth-order valence-corrected chi connectivity index (χ4v) is 2.58. The van der Waals surface area contributed by atoms with E-state index in [0.29, 0.717) is 23.8 Å². The highest BCUT2D eigenvalue weighted by atomic mass is 79.9. The van der Waals surface area contributed by atoms with Crippen LogP contribution in [0.1, 0.15) is 18.7 Å². The number of hydrogen-bond acceptors (Lipinski definition) is 5. The topological polar surface area (TPSA) is 72.0 Å². The number of halogens is 2. The van der Waals surface area contributed by atoms with Crippen LogP contribution in [0.2, 0.25) is 0 Å². The molecule has 2 aromatic rings. The summed E-state index contributed by atoms with van der Waals surface area (Å²) >= 11 is 6.75. The van der Waals surface area contributed by atoms with Crippen LogP contribution in [0, 0.1) is 0 Å². The number of aryl methyl sites for hydroxylation is 1. The van der Waals surface area contributed by atoms with Gasteiger partial charge in [-0.05, 0) is 50.8 Å². The van der Waals surface area contributed by atoms with Crippen LogP contribution < -0.4 is 0 Å². The molecule has 0 atom stereocenters. The van der Waals surface area contributed by atoms with Crippen LogP contribution in [-0.2, 0) is 6.42 Å². The number of aliphatic hydroxyl groups excluding tert-OH is 1. The highest BCUT2D eigenvalue weighted by Crippen LogP contribution is 2.26. The molecule has 1 N–H and O–H groups in total. The number of nitrogens with zero attached hydrogens (tertiary/aromatic N) is 3. The molecule has 0 aliphatic rings. The van der Waals surface area contributed by atoms with Crippen LogP contribution in [0.5, 0.6) is 0 Å². The van der Waals surface area contributed by atoms with Gasteiger partial charge in [0.05, 0.1) is 0 Å². The number of aliphatic hydroxyl groups is 1. The Labute approximate surface area is 121 Å². The molecular weight excluding hydrogens is 366 g/mol. The minimum Gasteiger partial charge on any atom is -0.396 e. The van der Waals surface area contributed by atoms with Gasteiger partial charge in [-0.25, -0.2) is 0 Å². The lowest BCUT2D eigenvalue weighted by atomic mass is 10.2. The van der Waals surface area contributed by atoms with E-state index in [0.717, 1.165) is 21.8 Å². The molecule has 0 unspecified atom stereocenters. The molecular formula is C11H11Br2N3O2. The molecule has 0 spiro atoms. The highest BCUT2D eigenvalue weighted by Gasteiger charge is 2.13. The summed E-state index contributed by atoms with van der Waals surface area (Å²) in [6, 6.07) is 1.88. The predicted octanol–water partition coefficient (Wildman–Crippen LogP) is 2.97. The van der Waals surface area contributed by atoms with Gasteiger partial charge in [-0.15, -0.1) is 0 Å². The first kappa shape index (κ1) is 13.6. The SMILES string of the molecule is OCCCCc1nc(-c2ncc(Br)cc2Br)no1. The van der Waals surface area contributed by atoms with Crippen LogP contribution in [0.3, 0.4) is 0 Å². The summed E-state index contributed by atoms with van der Waals surface area (Å²) in [7, 11) is 0. The monoisotopic (exact) mass is 375 g/mol. The zero-order chi connectivity index (χ0) is 13.0. The second-order valence-corrected chi connectivity index (χ2v) is 5.45. The molecule has 2 rings (SSSR count). The van der Waals surface area contributed by atoms with E-state index >= 15 is 0 Å². The highest BCUT2D eigenvalue weighted by molar-refractivity contribution is 9.11. The second kappa shape index (κ2) is 6.40. The maximum Gasteiger partial charge on any atom is 0.227 e. The van der Waals surface area contributed by atoms with E-state index in [9.17, 15) is 0 Å². The van der Waals surface area contributed by atoms with Gasteiger partial charge in [-0.2, -0.15) is 4.98 Å². The van der Waals surface area contributed by atoms with Gasteiger partial charge >= 0.3 is 0 Å². The Bertz CT molecular complexity index is 531. The second-order valence-electron chi connectivity index (χ2n) is 3.68. The summed E-state index contributed by atoms with van der Waals surface area (Å²) in [5, 5.41) is 12.6. The molecule has 0 radical (unpaired) electrons. The lowest BCUT2D eigenvalue weighted by Gasteiger charge is -1.97. The quantitative estimate of drug-likeness (QED) is 0.812. The lowest BCUT2D eigenvalue weighted by molar-refractivity contribution is 0.281. The van der Waals surface area contributed by atoms with Gasteiger partial charge in [-0.3, -0.25) is 4.98 Å². The van der Waals surface area contributed by atoms with Crippen molar-refractivity contribution in [3.05, 3.63) is 27.1 Å². The Balaban J connectivity index is 2.13. The molecule has 7 heteroatoms. The average Bonchev–Trinajstić information content (AvgIpc) is 2.78. The third-order valence-corrected chi connectivity index (χ3v) is 3.32. The Kier molecular flexibility index (Phi) is 4.85. The molecule has 5 nitrogen and oxygen atoms in total. The minimum absolute atomic E-state index is 0.181. The summed E-state index contributed by atoms with van der Waals surface area (Å²) in [5.41, 5.74) is 0.648. The first-order chi connectivity index (χ1) is 8.70. The van der Waals surface area contributed by atoms with Crippen molar-refractivity contribution >= 4 is 31.9 Å². The van der Waals surface area contributed by atoms with Crippen molar-refractivity contribution in [2.75, 3.05) is 6.61 Å². The Morgan fingerprint density at radius 3 is 2.83 bits per heavy atom. The fraction of sp³-hybridized carbons (Fsp3) is 0.364. The number of pyridine rings is 1. The fourth-order valence-electron chi connectivity index (χ4n) is 1.42. The van der Waals surface area contributed by atoms with Crippen LogP contribution >= 0.6 is 31.9 Å². The lowest BCUT2D eigenvalue weighted by Crippen LogP contribution is -1.90. The third-order valence-electron chi connectivity index (χ3n) is 2.29. The zero-order valence-corrected chi connectivity index (χ0v) is 12.6. The number of hydrogen-bond donors (Lipinski definition) is 1. The average molecular weight is 377 g/mol. The molecule has 0 aliphatic carbocycles. The van der Waals surface area contributed by atoms with E-state index in [1.807, 2.05) is 6.07 Å². The molecule has 0 bridgehead atoms. The molecule has 0 saturated carbocycles. The van der Waals surface area contributed by atoms with Crippen molar-refractivity contribution in [2.24, 2.45) is 0 Å². The molecule has 0 amide bonds. The van der Waals surface area contributed by atoms with Crippen molar-refractivity contribution in [3.8, 4) is 11.5 Å². The molecule has 0 saturated heterocycles. The molecule has 2 aromatic heterocycles. The van der Waals surface area contributed by atoms with Crippen LogP contribution in [-0.4, -0.2) is 26.8 Å². The van der Waals surface area contributed by atoms with Gasteiger partial charge < -0.3 is 9.63 Å². The van der Waals surface area contributed by atoms with Crippen molar-refractivity contribution in [3.63, 3.8) is 0 Å². The first-order valence-electron chi connectivity index (χ1n) is 5.45. The van der Waals surface area contributed by atoms with E-state index in [1.165, 1.54) is 0 Å². The Morgan fingerprint density at radius 1 is 1.28 bits per heavy atom. The summed E-state index contributed by atoms with van der Waals surface area (Å²) in [6.45, 7) is 0.181. The van der Waals surface area contributed by atoms with Gasteiger partial charge in [0.15, 0.2) is 0 Å². The van der Waals surface area contributed by atoms with E-state index in [4.69, 9.17) is 9.63 Å². The summed E-state index contributed by atoms with van der Waals surface area (Å²) in [5.74, 6) is 1.03. The van der Waals surface area contributed by atoms with Crippen LogP contribution in [0.4, 0.5) is 0 Å². The maximum atomic E-state index is 8.70. The van der Waals surface area contributed by atoms with Gasteiger partial charge in [0, 0.05) is 28.2 Å².